The first-order valence-corrected chi connectivity index (χ1v) is 16.7. The third kappa shape index (κ3) is 7.91. The van der Waals surface area contributed by atoms with Gasteiger partial charge in [-0.15, -0.1) is 11.8 Å². The number of nitrogens with zero attached hydrogens (tertiary/aromatic N) is 1. The zero-order chi connectivity index (χ0) is 34.4. The van der Waals surface area contributed by atoms with Crippen LogP contribution in [0.4, 0.5) is 4.79 Å². The third-order valence-corrected chi connectivity index (χ3v) is 9.06. The summed E-state index contributed by atoms with van der Waals surface area (Å²) < 4.78 is 11.6. The number of esters is 1. The predicted octanol–water partition coefficient (Wildman–Crippen LogP) is 5.91. The SMILES string of the molecule is CC=CCC1=C(C(=O)OC(c2ccccc2)c2ccccc2)N2C(=O)C(NC(=O)C(NC(=O)OC(C)(C)C)c3ccc(O)cc3)[C@@H]2SC1. The molecule has 250 valence electrons. The second-order valence-corrected chi connectivity index (χ2v) is 13.5. The zero-order valence-corrected chi connectivity index (χ0v) is 28.0. The van der Waals surface area contributed by atoms with Gasteiger partial charge in [0.1, 0.15) is 34.5 Å². The highest BCUT2D eigenvalue weighted by Crippen LogP contribution is 2.42. The van der Waals surface area contributed by atoms with E-state index in [1.165, 1.54) is 40.9 Å². The van der Waals surface area contributed by atoms with Crippen molar-refractivity contribution in [2.45, 2.75) is 63.3 Å². The Labute approximate surface area is 284 Å². The second-order valence-electron chi connectivity index (χ2n) is 12.4. The summed E-state index contributed by atoms with van der Waals surface area (Å²) in [6.45, 7) is 6.99. The molecule has 3 aromatic carbocycles. The van der Waals surface area contributed by atoms with Crippen molar-refractivity contribution in [1.82, 2.24) is 15.5 Å². The molecular weight excluding hydrogens is 630 g/mol. The average molecular weight is 670 g/mol. The third-order valence-electron chi connectivity index (χ3n) is 7.72. The van der Waals surface area contributed by atoms with Crippen LogP contribution < -0.4 is 10.6 Å². The first kappa shape index (κ1) is 34.3. The molecule has 0 aromatic heterocycles. The fraction of sp³-hybridized carbons (Fsp3) is 0.297. The number of nitrogens with one attached hydrogen (secondary N) is 2. The van der Waals surface area contributed by atoms with Crippen LogP contribution in [-0.4, -0.2) is 56.7 Å². The molecule has 3 N–H and O–H groups in total. The number of rotatable bonds is 10. The second kappa shape index (κ2) is 14.8. The van der Waals surface area contributed by atoms with Gasteiger partial charge >= 0.3 is 12.1 Å². The molecule has 0 radical (unpaired) electrons. The maximum Gasteiger partial charge on any atom is 0.408 e. The summed E-state index contributed by atoms with van der Waals surface area (Å²) in [5, 5.41) is 14.6. The van der Waals surface area contributed by atoms with Crippen LogP contribution in [0, 0.1) is 0 Å². The van der Waals surface area contributed by atoms with Crippen LogP contribution in [0.1, 0.15) is 63.0 Å². The number of hydrogen-bond donors (Lipinski definition) is 3. The molecule has 5 rings (SSSR count). The Balaban J connectivity index is 1.39. The molecule has 1 fully saturated rings. The van der Waals surface area contributed by atoms with Gasteiger partial charge in [0.15, 0.2) is 6.10 Å². The lowest BCUT2D eigenvalue weighted by Gasteiger charge is -2.50. The summed E-state index contributed by atoms with van der Waals surface area (Å²) in [7, 11) is 0. The molecule has 3 amide bonds. The summed E-state index contributed by atoms with van der Waals surface area (Å²) in [4.78, 5) is 55.7. The number of allylic oxidation sites excluding steroid dienone is 2. The first-order valence-electron chi connectivity index (χ1n) is 15.6. The first-order chi connectivity index (χ1) is 23.0. The number of carbonyl (C=O) groups excluding carboxylic acids is 4. The maximum atomic E-state index is 14.1. The molecule has 0 bridgehead atoms. The monoisotopic (exact) mass is 669 g/mol. The minimum Gasteiger partial charge on any atom is -0.508 e. The van der Waals surface area contributed by atoms with Crippen molar-refractivity contribution in [1.29, 1.82) is 0 Å². The molecule has 2 aliphatic heterocycles. The van der Waals surface area contributed by atoms with Crippen molar-refractivity contribution in [2.24, 2.45) is 0 Å². The Hall–Kier alpha value is -5.03. The Morgan fingerprint density at radius 1 is 0.958 bits per heavy atom. The Morgan fingerprint density at radius 2 is 1.56 bits per heavy atom. The minimum absolute atomic E-state index is 0.0136. The van der Waals surface area contributed by atoms with Gasteiger partial charge in [0.05, 0.1) is 0 Å². The van der Waals surface area contributed by atoms with Crippen LogP contribution in [0.15, 0.2) is 108 Å². The standard InChI is InChI=1S/C37H39N3O7S/c1-5-6-13-26-22-48-34-29(38-32(42)28(23-18-20-27(41)21-19-23)39-36(45)47-37(2,3)4)33(43)40(34)30(26)35(44)46-31(24-14-9-7-10-15-24)25-16-11-8-12-17-25/h5-12,14-21,28-29,31,34,41H,13,22H2,1-4H3,(H,38,42)(H,39,45)/t28?,29?,34-/m0/s1. The van der Waals surface area contributed by atoms with E-state index < -0.39 is 53.0 Å². The summed E-state index contributed by atoms with van der Waals surface area (Å²) >= 11 is 1.44. The van der Waals surface area contributed by atoms with Crippen molar-refractivity contribution in [3.8, 4) is 5.75 Å². The van der Waals surface area contributed by atoms with Crippen molar-refractivity contribution in [3.05, 3.63) is 125 Å². The van der Waals surface area contributed by atoms with Crippen molar-refractivity contribution in [3.63, 3.8) is 0 Å². The van der Waals surface area contributed by atoms with Gasteiger partial charge in [0, 0.05) is 5.75 Å². The highest BCUT2D eigenvalue weighted by molar-refractivity contribution is 8.00. The fourth-order valence-corrected chi connectivity index (χ4v) is 6.83. The molecule has 0 aliphatic carbocycles. The van der Waals surface area contributed by atoms with E-state index in [9.17, 15) is 24.3 Å². The van der Waals surface area contributed by atoms with E-state index in [1.54, 1.807) is 20.8 Å². The molecule has 3 atom stereocenters. The molecule has 10 nitrogen and oxygen atoms in total. The Kier molecular flexibility index (Phi) is 10.6. The summed E-state index contributed by atoms with van der Waals surface area (Å²) in [6, 6.07) is 22.4. The molecular formula is C37H39N3O7S. The number of phenols is 1. The topological polar surface area (TPSA) is 134 Å². The molecule has 2 heterocycles. The number of alkyl carbamates (subject to hydrolysis) is 1. The predicted molar refractivity (Wildman–Crippen MR) is 183 cm³/mol. The van der Waals surface area contributed by atoms with Gasteiger partial charge in [-0.3, -0.25) is 14.5 Å². The van der Waals surface area contributed by atoms with Crippen LogP contribution in [0.5, 0.6) is 5.75 Å². The van der Waals surface area contributed by atoms with Gasteiger partial charge in [-0.2, -0.15) is 0 Å². The molecule has 2 unspecified atom stereocenters. The number of thioether (sulfide) groups is 1. The van der Waals surface area contributed by atoms with Crippen LogP contribution in [0.3, 0.4) is 0 Å². The van der Waals surface area contributed by atoms with E-state index in [0.29, 0.717) is 17.7 Å². The van der Waals surface area contributed by atoms with Gasteiger partial charge in [-0.25, -0.2) is 9.59 Å². The zero-order valence-electron chi connectivity index (χ0n) is 27.2. The van der Waals surface area contributed by atoms with E-state index in [-0.39, 0.29) is 11.4 Å². The minimum atomic E-state index is -1.22. The number of hydrogen-bond acceptors (Lipinski definition) is 8. The lowest BCUT2D eigenvalue weighted by molar-refractivity contribution is -0.154. The number of β-lactam (4-membered cyclic amide) rings is 1. The quantitative estimate of drug-likeness (QED) is 0.138. The smallest absolute Gasteiger partial charge is 0.408 e. The Bertz CT molecular complexity index is 1660. The van der Waals surface area contributed by atoms with E-state index in [1.807, 2.05) is 79.7 Å². The molecule has 2 aliphatic rings. The van der Waals surface area contributed by atoms with E-state index >= 15 is 0 Å². The van der Waals surface area contributed by atoms with Gasteiger partial charge in [-0.05, 0) is 68.5 Å². The van der Waals surface area contributed by atoms with Gasteiger partial charge in [0.25, 0.3) is 5.91 Å². The maximum absolute atomic E-state index is 14.1. The summed E-state index contributed by atoms with van der Waals surface area (Å²) in [6.07, 6.45) is 2.72. The number of phenolic OH excluding ortho intramolecular Hbond substituents is 1. The van der Waals surface area contributed by atoms with Gasteiger partial charge in [-0.1, -0.05) is 84.9 Å². The lowest BCUT2D eigenvalue weighted by Crippen LogP contribution is -2.71. The normalized spacial score (nSPS) is 18.2. The highest BCUT2D eigenvalue weighted by Gasteiger charge is 2.55. The van der Waals surface area contributed by atoms with Gasteiger partial charge in [0.2, 0.25) is 5.91 Å². The number of fused-ring (bicyclic) bond motifs is 1. The molecule has 0 saturated carbocycles. The highest BCUT2D eigenvalue weighted by atomic mass is 32.2. The number of ether oxygens (including phenoxy) is 2. The van der Waals surface area contributed by atoms with Crippen LogP contribution in [0.25, 0.3) is 0 Å². The van der Waals surface area contributed by atoms with Gasteiger partial charge < -0.3 is 25.2 Å². The number of carbonyl (C=O) groups is 4. The summed E-state index contributed by atoms with van der Waals surface area (Å²) in [5.74, 6) is -1.33. The van der Waals surface area contributed by atoms with E-state index in [0.717, 1.165) is 16.7 Å². The number of benzene rings is 3. The average Bonchev–Trinajstić information content (AvgIpc) is 3.07. The molecule has 0 spiro atoms. The van der Waals surface area contributed by atoms with E-state index in [4.69, 9.17) is 9.47 Å². The van der Waals surface area contributed by atoms with E-state index in [2.05, 4.69) is 10.6 Å². The Morgan fingerprint density at radius 3 is 2.12 bits per heavy atom. The fourth-order valence-electron chi connectivity index (χ4n) is 5.46. The molecule has 1 saturated heterocycles. The number of aromatic hydroxyl groups is 1. The molecule has 3 aromatic rings. The lowest BCUT2D eigenvalue weighted by atomic mass is 9.99. The van der Waals surface area contributed by atoms with Crippen LogP contribution in [-0.2, 0) is 23.9 Å². The van der Waals surface area contributed by atoms with Crippen LogP contribution >= 0.6 is 11.8 Å². The van der Waals surface area contributed by atoms with Crippen LogP contribution in [0.2, 0.25) is 0 Å². The molecule has 48 heavy (non-hydrogen) atoms. The molecule has 11 heteroatoms. The van der Waals surface area contributed by atoms with Crippen molar-refractivity contribution in [2.75, 3.05) is 5.75 Å². The number of amides is 3. The van der Waals surface area contributed by atoms with Crippen molar-refractivity contribution < 1.29 is 33.8 Å². The largest absolute Gasteiger partial charge is 0.508 e. The van der Waals surface area contributed by atoms with Crippen molar-refractivity contribution >= 4 is 35.6 Å². The summed E-state index contributed by atoms with van der Waals surface area (Å²) in [5.41, 5.74) is 2.05.